The van der Waals surface area contributed by atoms with Crippen LogP contribution in [0, 0.1) is 0 Å². The molecule has 2 rings (SSSR count). The summed E-state index contributed by atoms with van der Waals surface area (Å²) in [5, 5.41) is 3.40. The summed E-state index contributed by atoms with van der Waals surface area (Å²) in [7, 11) is 0. The van der Waals surface area contributed by atoms with E-state index in [2.05, 4.69) is 42.6 Å². The third kappa shape index (κ3) is 3.37. The monoisotopic (exact) mass is 216 g/mol. The highest BCUT2D eigenvalue weighted by Gasteiger charge is 2.08. The maximum Gasteiger partial charge on any atom is 0.0976 e. The van der Waals surface area contributed by atoms with Crippen LogP contribution in [-0.2, 0) is 0 Å². The summed E-state index contributed by atoms with van der Waals surface area (Å²) in [4.78, 5) is 4.72. The van der Waals surface area contributed by atoms with Crippen LogP contribution in [0.3, 0.4) is 0 Å². The molecule has 16 heavy (non-hydrogen) atoms. The lowest BCUT2D eigenvalue weighted by Crippen LogP contribution is -2.23. The van der Waals surface area contributed by atoms with Crippen molar-refractivity contribution in [2.24, 2.45) is 4.99 Å². The lowest BCUT2D eigenvalue weighted by atomic mass is 10.0. The standard InChI is InChI=1S/C14H20N2/c1-12(15-13-8-4-2-5-9-13)16-14-10-6-3-7-11-14/h2-4,6,8,14H,5,7,9-11H2,1H3,(H,15,16). The summed E-state index contributed by atoms with van der Waals surface area (Å²) >= 11 is 0. The lowest BCUT2D eigenvalue weighted by molar-refractivity contribution is 0.606. The third-order valence-electron chi connectivity index (χ3n) is 2.97. The number of nitrogens with one attached hydrogen (secondary N) is 1. The smallest absolute Gasteiger partial charge is 0.0976 e. The first-order chi connectivity index (χ1) is 7.84. The molecule has 0 aromatic carbocycles. The van der Waals surface area contributed by atoms with Crippen LogP contribution < -0.4 is 5.32 Å². The maximum atomic E-state index is 4.72. The second-order valence-electron chi connectivity index (χ2n) is 4.44. The summed E-state index contributed by atoms with van der Waals surface area (Å²) in [5.74, 6) is 1.06. The van der Waals surface area contributed by atoms with Crippen LogP contribution in [-0.4, -0.2) is 11.9 Å². The zero-order chi connectivity index (χ0) is 11.2. The van der Waals surface area contributed by atoms with E-state index in [-0.39, 0.29) is 0 Å². The summed E-state index contributed by atoms with van der Waals surface area (Å²) in [6.45, 7) is 2.07. The normalized spacial score (nSPS) is 25.4. The van der Waals surface area contributed by atoms with E-state index in [4.69, 9.17) is 4.99 Å². The first-order valence-corrected chi connectivity index (χ1v) is 6.17. The molecular formula is C14H20N2. The molecule has 1 atom stereocenters. The summed E-state index contributed by atoms with van der Waals surface area (Å²) in [6.07, 6.45) is 16.7. The Kier molecular flexibility index (Phi) is 3.97. The summed E-state index contributed by atoms with van der Waals surface area (Å²) in [6, 6.07) is 0.484. The molecular weight excluding hydrogens is 196 g/mol. The van der Waals surface area contributed by atoms with Crippen molar-refractivity contribution in [2.75, 3.05) is 0 Å². The van der Waals surface area contributed by atoms with Gasteiger partial charge in [-0.1, -0.05) is 24.3 Å². The molecule has 2 aliphatic carbocycles. The van der Waals surface area contributed by atoms with Crippen molar-refractivity contribution < 1.29 is 0 Å². The maximum absolute atomic E-state index is 4.72. The average Bonchev–Trinajstić information content (AvgIpc) is 2.31. The minimum atomic E-state index is 0.484. The number of hydrogen-bond donors (Lipinski definition) is 1. The zero-order valence-corrected chi connectivity index (χ0v) is 9.95. The van der Waals surface area contributed by atoms with Gasteiger partial charge in [0.15, 0.2) is 0 Å². The van der Waals surface area contributed by atoms with Gasteiger partial charge in [-0.3, -0.25) is 4.99 Å². The predicted molar refractivity (Wildman–Crippen MR) is 69.5 cm³/mol. The van der Waals surface area contributed by atoms with Crippen LogP contribution in [0.5, 0.6) is 0 Å². The van der Waals surface area contributed by atoms with E-state index in [0.717, 1.165) is 25.1 Å². The second-order valence-corrected chi connectivity index (χ2v) is 4.44. The van der Waals surface area contributed by atoms with Gasteiger partial charge in [0.1, 0.15) is 0 Å². The Morgan fingerprint density at radius 3 is 2.94 bits per heavy atom. The highest BCUT2D eigenvalue weighted by molar-refractivity contribution is 5.81. The highest BCUT2D eigenvalue weighted by atomic mass is 15.0. The van der Waals surface area contributed by atoms with E-state index < -0.39 is 0 Å². The Hall–Kier alpha value is -1.31. The van der Waals surface area contributed by atoms with Gasteiger partial charge >= 0.3 is 0 Å². The van der Waals surface area contributed by atoms with E-state index in [0.29, 0.717) is 6.04 Å². The van der Waals surface area contributed by atoms with E-state index in [1.165, 1.54) is 18.5 Å². The van der Waals surface area contributed by atoms with Gasteiger partial charge in [0, 0.05) is 5.70 Å². The summed E-state index contributed by atoms with van der Waals surface area (Å²) in [5.41, 5.74) is 1.29. The summed E-state index contributed by atoms with van der Waals surface area (Å²) < 4.78 is 0. The molecule has 0 aromatic heterocycles. The number of amidine groups is 1. The molecule has 2 nitrogen and oxygen atoms in total. The van der Waals surface area contributed by atoms with Gasteiger partial charge in [-0.2, -0.15) is 0 Å². The first kappa shape index (κ1) is 11.2. The second kappa shape index (κ2) is 5.69. The van der Waals surface area contributed by atoms with Crippen molar-refractivity contribution in [1.29, 1.82) is 0 Å². The van der Waals surface area contributed by atoms with Crippen LogP contribution >= 0.6 is 0 Å². The molecule has 0 heterocycles. The molecule has 1 unspecified atom stereocenters. The molecule has 0 saturated carbocycles. The van der Waals surface area contributed by atoms with E-state index in [1.807, 2.05) is 0 Å². The Balaban J connectivity index is 1.88. The Labute approximate surface area is 97.8 Å². The van der Waals surface area contributed by atoms with E-state index in [9.17, 15) is 0 Å². The van der Waals surface area contributed by atoms with Gasteiger partial charge in [0.2, 0.25) is 0 Å². The van der Waals surface area contributed by atoms with Crippen LogP contribution in [0.2, 0.25) is 0 Å². The molecule has 0 spiro atoms. The number of allylic oxidation sites excluding steroid dienone is 5. The molecule has 0 aromatic rings. The fourth-order valence-corrected chi connectivity index (χ4v) is 2.14. The topological polar surface area (TPSA) is 24.4 Å². The van der Waals surface area contributed by atoms with Gasteiger partial charge in [0.25, 0.3) is 0 Å². The van der Waals surface area contributed by atoms with E-state index in [1.54, 1.807) is 0 Å². The Bertz CT molecular complexity index is 348. The number of rotatable bonds is 2. The molecule has 0 fully saturated rings. The van der Waals surface area contributed by atoms with Gasteiger partial charge < -0.3 is 5.32 Å². The molecule has 86 valence electrons. The van der Waals surface area contributed by atoms with Gasteiger partial charge in [-0.05, 0) is 45.1 Å². The number of aliphatic imine (C=N–C) groups is 1. The fraction of sp³-hybridized carbons (Fsp3) is 0.500. The molecule has 0 bridgehead atoms. The van der Waals surface area contributed by atoms with Gasteiger partial charge in [-0.15, -0.1) is 0 Å². The predicted octanol–water partition coefficient (Wildman–Crippen LogP) is 3.34. The van der Waals surface area contributed by atoms with E-state index >= 15 is 0 Å². The van der Waals surface area contributed by atoms with Crippen LogP contribution in [0.15, 0.2) is 41.1 Å². The quantitative estimate of drug-likeness (QED) is 0.427. The number of hydrogen-bond acceptors (Lipinski definition) is 1. The SMILES string of the molecule is CC(=NC1CC=CCC1)NC1=CC=CCC1. The van der Waals surface area contributed by atoms with Crippen molar-refractivity contribution in [3.8, 4) is 0 Å². The van der Waals surface area contributed by atoms with Gasteiger partial charge in [-0.25, -0.2) is 0 Å². The largest absolute Gasteiger partial charge is 0.348 e. The Morgan fingerprint density at radius 1 is 1.31 bits per heavy atom. The van der Waals surface area contributed by atoms with Crippen molar-refractivity contribution in [3.05, 3.63) is 36.1 Å². The van der Waals surface area contributed by atoms with Crippen LogP contribution in [0.1, 0.15) is 39.0 Å². The molecule has 2 heteroatoms. The van der Waals surface area contributed by atoms with Crippen molar-refractivity contribution in [1.82, 2.24) is 5.32 Å². The minimum Gasteiger partial charge on any atom is -0.348 e. The van der Waals surface area contributed by atoms with Crippen LogP contribution in [0.25, 0.3) is 0 Å². The highest BCUT2D eigenvalue weighted by Crippen LogP contribution is 2.14. The van der Waals surface area contributed by atoms with Crippen molar-refractivity contribution in [3.63, 3.8) is 0 Å². The van der Waals surface area contributed by atoms with Crippen molar-refractivity contribution in [2.45, 2.75) is 45.1 Å². The van der Waals surface area contributed by atoms with Gasteiger partial charge in [0.05, 0.1) is 11.9 Å². The first-order valence-electron chi connectivity index (χ1n) is 6.17. The number of nitrogens with zero attached hydrogens (tertiary/aromatic N) is 1. The fourth-order valence-electron chi connectivity index (χ4n) is 2.14. The average molecular weight is 216 g/mol. The molecule has 0 radical (unpaired) electrons. The zero-order valence-electron chi connectivity index (χ0n) is 9.95. The molecule has 0 aliphatic heterocycles. The lowest BCUT2D eigenvalue weighted by Gasteiger charge is -2.16. The van der Waals surface area contributed by atoms with Crippen LogP contribution in [0.4, 0.5) is 0 Å². The minimum absolute atomic E-state index is 0.484. The molecule has 0 amide bonds. The van der Waals surface area contributed by atoms with Crippen molar-refractivity contribution >= 4 is 5.84 Å². The third-order valence-corrected chi connectivity index (χ3v) is 2.97. The Morgan fingerprint density at radius 2 is 2.25 bits per heavy atom. The molecule has 0 saturated heterocycles. The molecule has 1 N–H and O–H groups in total. The molecule has 2 aliphatic rings.